The molecule has 0 spiro atoms. The predicted octanol–water partition coefficient (Wildman–Crippen LogP) is 4.80. The Balaban J connectivity index is 1.60. The molecule has 0 fully saturated rings. The zero-order chi connectivity index (χ0) is 20.3. The van der Waals surface area contributed by atoms with E-state index in [1.54, 1.807) is 16.9 Å². The molecule has 1 amide bonds. The lowest BCUT2D eigenvalue weighted by Crippen LogP contribution is -2.24. The van der Waals surface area contributed by atoms with Crippen molar-refractivity contribution in [2.45, 2.75) is 50.3 Å². The molecule has 0 bridgehead atoms. The maximum absolute atomic E-state index is 12.5. The van der Waals surface area contributed by atoms with Crippen LogP contribution in [0.25, 0.3) is 0 Å². The van der Waals surface area contributed by atoms with Crippen molar-refractivity contribution < 1.29 is 4.79 Å². The third kappa shape index (κ3) is 4.90. The quantitative estimate of drug-likeness (QED) is 0.539. The molecule has 1 aromatic carbocycles. The van der Waals surface area contributed by atoms with E-state index in [-0.39, 0.29) is 17.2 Å². The monoisotopic (exact) mass is 416 g/mol. The maximum atomic E-state index is 12.5. The zero-order valence-corrected chi connectivity index (χ0v) is 18.2. The highest BCUT2D eigenvalue weighted by atomic mass is 32.2. The molecule has 28 heavy (non-hydrogen) atoms. The maximum Gasteiger partial charge on any atom is 0.238 e. The third-order valence-corrected chi connectivity index (χ3v) is 6.25. The summed E-state index contributed by atoms with van der Waals surface area (Å²) >= 11 is 2.82. The summed E-state index contributed by atoms with van der Waals surface area (Å²) in [5, 5.41) is 19.2. The minimum atomic E-state index is -0.307. The van der Waals surface area contributed by atoms with Crippen molar-refractivity contribution in [3.63, 3.8) is 0 Å². The Morgan fingerprint density at radius 2 is 1.93 bits per heavy atom. The number of aryl methyl sites for hydroxylation is 2. The van der Waals surface area contributed by atoms with Crippen LogP contribution in [-0.4, -0.2) is 31.1 Å². The molecule has 2 aromatic heterocycles. The van der Waals surface area contributed by atoms with Gasteiger partial charge in [0.2, 0.25) is 11.0 Å². The highest BCUT2D eigenvalue weighted by Gasteiger charge is 2.19. The first-order chi connectivity index (χ1) is 13.3. The predicted molar refractivity (Wildman–Crippen MR) is 116 cm³/mol. The first kappa shape index (κ1) is 20.3. The fourth-order valence-electron chi connectivity index (χ4n) is 2.51. The van der Waals surface area contributed by atoms with Gasteiger partial charge in [-0.2, -0.15) is 5.10 Å². The van der Waals surface area contributed by atoms with E-state index in [4.69, 9.17) is 0 Å². The summed E-state index contributed by atoms with van der Waals surface area (Å²) in [5.74, 6) is 0.605. The molecule has 3 rings (SSSR count). The first-order valence-corrected chi connectivity index (χ1v) is 10.7. The van der Waals surface area contributed by atoms with Gasteiger partial charge in [0.05, 0.1) is 11.4 Å². The number of nitrogens with zero attached hydrogens (tertiary/aromatic N) is 4. The fraction of sp³-hybridized carbons (Fsp3) is 0.368. The second-order valence-electron chi connectivity index (χ2n) is 6.80. The third-order valence-electron chi connectivity index (χ3n) is 4.22. The number of carbonyl (C=O) groups is 1. The molecule has 148 valence electrons. The zero-order valence-electron chi connectivity index (χ0n) is 16.6. The van der Waals surface area contributed by atoms with Crippen LogP contribution >= 0.6 is 23.1 Å². The number of thioether (sulfide) groups is 1. The topological polar surface area (TPSA) is 84.7 Å². The van der Waals surface area contributed by atoms with Crippen LogP contribution in [0.4, 0.5) is 16.6 Å². The van der Waals surface area contributed by atoms with Gasteiger partial charge < -0.3 is 10.6 Å². The average Bonchev–Trinajstić information content (AvgIpc) is 3.27. The Morgan fingerprint density at radius 1 is 1.14 bits per heavy atom. The fourth-order valence-corrected chi connectivity index (χ4v) is 4.42. The SMILES string of the molecule is Cc1ccc(Nc2nnc(S[C@@H](C)C(=O)Nc3ccnn3C(C)C)s2)cc1C. The number of hydrogen-bond donors (Lipinski definition) is 2. The number of benzene rings is 1. The highest BCUT2D eigenvalue weighted by molar-refractivity contribution is 8.02. The summed E-state index contributed by atoms with van der Waals surface area (Å²) in [6.07, 6.45) is 1.68. The van der Waals surface area contributed by atoms with Crippen molar-refractivity contribution in [3.8, 4) is 0 Å². The largest absolute Gasteiger partial charge is 0.330 e. The van der Waals surface area contributed by atoms with Crippen molar-refractivity contribution >= 4 is 45.6 Å². The van der Waals surface area contributed by atoms with E-state index in [2.05, 4.69) is 51.9 Å². The summed E-state index contributed by atoms with van der Waals surface area (Å²) in [5.41, 5.74) is 3.44. The lowest BCUT2D eigenvalue weighted by atomic mass is 10.1. The van der Waals surface area contributed by atoms with Gasteiger partial charge in [-0.05, 0) is 57.9 Å². The number of amides is 1. The molecular weight excluding hydrogens is 392 g/mol. The Bertz CT molecular complexity index is 965. The van der Waals surface area contributed by atoms with Gasteiger partial charge in [-0.15, -0.1) is 10.2 Å². The second-order valence-corrected chi connectivity index (χ2v) is 9.37. The second kappa shape index (κ2) is 8.74. The molecule has 3 aromatic rings. The molecule has 7 nitrogen and oxygen atoms in total. The van der Waals surface area contributed by atoms with Crippen molar-refractivity contribution in [3.05, 3.63) is 41.6 Å². The summed E-state index contributed by atoms with van der Waals surface area (Å²) in [4.78, 5) is 12.5. The highest BCUT2D eigenvalue weighted by Crippen LogP contribution is 2.31. The molecule has 9 heteroatoms. The number of carbonyl (C=O) groups excluding carboxylic acids is 1. The number of rotatable bonds is 7. The summed E-state index contributed by atoms with van der Waals surface area (Å²) < 4.78 is 2.53. The first-order valence-electron chi connectivity index (χ1n) is 9.02. The summed E-state index contributed by atoms with van der Waals surface area (Å²) in [6.45, 7) is 10.1. The van der Waals surface area contributed by atoms with E-state index in [9.17, 15) is 4.79 Å². The summed E-state index contributed by atoms with van der Waals surface area (Å²) in [7, 11) is 0. The van der Waals surface area contributed by atoms with Crippen LogP contribution in [-0.2, 0) is 4.79 Å². The number of aromatic nitrogens is 4. The van der Waals surface area contributed by atoms with Crippen LogP contribution in [0.2, 0.25) is 0 Å². The molecule has 1 atom stereocenters. The Kier molecular flexibility index (Phi) is 6.35. The molecule has 0 aliphatic rings. The van der Waals surface area contributed by atoms with E-state index < -0.39 is 0 Å². The Labute approximate surface area is 173 Å². The van der Waals surface area contributed by atoms with E-state index >= 15 is 0 Å². The normalized spacial score (nSPS) is 12.2. The van der Waals surface area contributed by atoms with Crippen LogP contribution < -0.4 is 10.6 Å². The van der Waals surface area contributed by atoms with Gasteiger partial charge in [-0.1, -0.05) is 29.2 Å². The van der Waals surface area contributed by atoms with Gasteiger partial charge in [-0.25, -0.2) is 4.68 Å². The smallest absolute Gasteiger partial charge is 0.238 e. The molecule has 0 radical (unpaired) electrons. The van der Waals surface area contributed by atoms with Gasteiger partial charge in [0.1, 0.15) is 5.82 Å². The molecule has 0 aliphatic carbocycles. The molecule has 0 unspecified atom stereocenters. The Hall–Kier alpha value is -2.39. The molecular formula is C19H24N6OS2. The molecule has 0 saturated heterocycles. The van der Waals surface area contributed by atoms with Crippen molar-refractivity contribution in [2.24, 2.45) is 0 Å². The average molecular weight is 417 g/mol. The van der Waals surface area contributed by atoms with E-state index in [0.717, 1.165) is 10.0 Å². The van der Waals surface area contributed by atoms with Crippen LogP contribution in [0, 0.1) is 13.8 Å². The van der Waals surface area contributed by atoms with Gasteiger partial charge >= 0.3 is 0 Å². The van der Waals surface area contributed by atoms with E-state index in [1.807, 2.05) is 26.8 Å². The molecule has 0 saturated carbocycles. The van der Waals surface area contributed by atoms with Gasteiger partial charge in [0.15, 0.2) is 4.34 Å². The van der Waals surface area contributed by atoms with Crippen molar-refractivity contribution in [2.75, 3.05) is 10.6 Å². The molecule has 2 heterocycles. The van der Waals surface area contributed by atoms with E-state index in [0.29, 0.717) is 10.9 Å². The number of hydrogen-bond acceptors (Lipinski definition) is 7. The summed E-state index contributed by atoms with van der Waals surface area (Å²) in [6, 6.07) is 8.15. The number of nitrogens with one attached hydrogen (secondary N) is 2. The van der Waals surface area contributed by atoms with Crippen LogP contribution in [0.1, 0.15) is 37.9 Å². The van der Waals surface area contributed by atoms with Crippen LogP contribution in [0.5, 0.6) is 0 Å². The van der Waals surface area contributed by atoms with Gasteiger partial charge in [0.25, 0.3) is 0 Å². The molecule has 0 aliphatic heterocycles. The minimum absolute atomic E-state index is 0.0914. The van der Waals surface area contributed by atoms with Gasteiger partial charge in [-0.3, -0.25) is 4.79 Å². The standard InChI is InChI=1S/C19H24N6OS2/c1-11(2)25-16(8-9-20-25)22-17(26)14(5)27-19-24-23-18(28-19)21-15-7-6-12(3)13(4)10-15/h6-11,14H,1-5H3,(H,21,23)(H,22,26)/t14-/m0/s1. The van der Waals surface area contributed by atoms with E-state index in [1.165, 1.54) is 34.2 Å². The molecule has 2 N–H and O–H groups in total. The van der Waals surface area contributed by atoms with Crippen LogP contribution in [0.15, 0.2) is 34.8 Å². The minimum Gasteiger partial charge on any atom is -0.330 e. The van der Waals surface area contributed by atoms with Crippen LogP contribution in [0.3, 0.4) is 0 Å². The van der Waals surface area contributed by atoms with Crippen molar-refractivity contribution in [1.82, 2.24) is 20.0 Å². The Morgan fingerprint density at radius 3 is 2.64 bits per heavy atom. The van der Waals surface area contributed by atoms with Gasteiger partial charge in [0, 0.05) is 17.8 Å². The van der Waals surface area contributed by atoms with Crippen molar-refractivity contribution in [1.29, 1.82) is 0 Å². The number of anilines is 3. The lowest BCUT2D eigenvalue weighted by Gasteiger charge is -2.14. The lowest BCUT2D eigenvalue weighted by molar-refractivity contribution is -0.115.